The number of aryl methyl sites for hydroxylation is 1. The first-order valence-electron chi connectivity index (χ1n) is 9.32. The van der Waals surface area contributed by atoms with Crippen LogP contribution < -0.4 is 5.32 Å². The van der Waals surface area contributed by atoms with Crippen molar-refractivity contribution in [1.29, 1.82) is 0 Å². The van der Waals surface area contributed by atoms with Crippen molar-refractivity contribution in [2.24, 2.45) is 0 Å². The minimum Gasteiger partial charge on any atom is -0.379 e. The molecule has 0 spiro atoms. The molecule has 1 aliphatic rings. The third-order valence-corrected chi connectivity index (χ3v) is 5.00. The van der Waals surface area contributed by atoms with E-state index < -0.39 is 0 Å². The van der Waals surface area contributed by atoms with Crippen LogP contribution in [0, 0.1) is 13.8 Å². The number of rotatable bonds is 6. The summed E-state index contributed by atoms with van der Waals surface area (Å²) in [6.45, 7) is 10.0. The molecule has 2 N–H and O–H groups in total. The summed E-state index contributed by atoms with van der Waals surface area (Å²) in [7, 11) is 0. The van der Waals surface area contributed by atoms with Gasteiger partial charge in [-0.3, -0.25) is 14.5 Å². The maximum Gasteiger partial charge on any atom is 0.268 e. The number of nitrogens with one attached hydrogen (secondary N) is 2. The van der Waals surface area contributed by atoms with E-state index in [1.807, 2.05) is 19.1 Å². The van der Waals surface area contributed by atoms with Crippen LogP contribution in [0.1, 0.15) is 50.2 Å². The normalized spacial score (nSPS) is 14.9. The van der Waals surface area contributed by atoms with Gasteiger partial charge in [-0.2, -0.15) is 0 Å². The Kier molecular flexibility index (Phi) is 6.08. The molecule has 0 bridgehead atoms. The van der Waals surface area contributed by atoms with Crippen molar-refractivity contribution in [2.45, 2.75) is 33.9 Å². The van der Waals surface area contributed by atoms with E-state index >= 15 is 0 Å². The van der Waals surface area contributed by atoms with Crippen LogP contribution in [0.25, 0.3) is 0 Å². The summed E-state index contributed by atoms with van der Waals surface area (Å²) >= 11 is 0. The second-order valence-electron chi connectivity index (χ2n) is 7.07. The first-order chi connectivity index (χ1) is 13.0. The molecule has 2 heterocycles. The van der Waals surface area contributed by atoms with E-state index in [1.165, 1.54) is 12.5 Å². The average Bonchev–Trinajstić information content (AvgIpc) is 2.96. The number of H-pyrrole nitrogens is 1. The highest BCUT2D eigenvalue weighted by Gasteiger charge is 2.19. The van der Waals surface area contributed by atoms with Gasteiger partial charge in [0.1, 0.15) is 5.69 Å². The molecule has 6 heteroatoms. The van der Waals surface area contributed by atoms with Gasteiger partial charge in [0.15, 0.2) is 5.78 Å². The molecule has 1 fully saturated rings. The van der Waals surface area contributed by atoms with Gasteiger partial charge in [-0.1, -0.05) is 24.3 Å². The van der Waals surface area contributed by atoms with E-state index in [2.05, 4.69) is 27.3 Å². The SMILES string of the molecule is CC(=O)c1c(C)[nH]c(C(=O)NCc2ccc(CN3CCOCC3)cc2)c1C. The van der Waals surface area contributed by atoms with Crippen LogP contribution in [-0.2, 0) is 17.8 Å². The van der Waals surface area contributed by atoms with Crippen molar-refractivity contribution in [1.82, 2.24) is 15.2 Å². The van der Waals surface area contributed by atoms with Crippen molar-refractivity contribution in [2.75, 3.05) is 26.3 Å². The summed E-state index contributed by atoms with van der Waals surface area (Å²) in [6.07, 6.45) is 0. The molecule has 2 aromatic rings. The molecule has 1 aliphatic heterocycles. The van der Waals surface area contributed by atoms with Gasteiger partial charge in [0, 0.05) is 37.4 Å². The number of nitrogens with zero attached hydrogens (tertiary/aromatic N) is 1. The summed E-state index contributed by atoms with van der Waals surface area (Å²) in [5.74, 6) is -0.225. The number of carbonyl (C=O) groups excluding carboxylic acids is 2. The Hall–Kier alpha value is -2.44. The van der Waals surface area contributed by atoms with E-state index in [0.717, 1.165) is 44.1 Å². The highest BCUT2D eigenvalue weighted by Crippen LogP contribution is 2.18. The number of aromatic amines is 1. The summed E-state index contributed by atoms with van der Waals surface area (Å²) < 4.78 is 5.37. The molecule has 1 aromatic heterocycles. The third-order valence-electron chi connectivity index (χ3n) is 5.00. The standard InChI is InChI=1S/C21H27N3O3/c1-14-19(16(3)25)15(2)23-20(14)21(26)22-12-17-4-6-18(7-5-17)13-24-8-10-27-11-9-24/h4-7,23H,8-13H2,1-3H3,(H,22,26). The van der Waals surface area contributed by atoms with Gasteiger partial charge in [0.05, 0.1) is 13.2 Å². The number of morpholine rings is 1. The van der Waals surface area contributed by atoms with Crippen molar-refractivity contribution < 1.29 is 14.3 Å². The molecule has 6 nitrogen and oxygen atoms in total. The lowest BCUT2D eigenvalue weighted by molar-refractivity contribution is 0.0342. The van der Waals surface area contributed by atoms with Crippen molar-refractivity contribution >= 4 is 11.7 Å². The third kappa shape index (κ3) is 4.64. The topological polar surface area (TPSA) is 74.4 Å². The zero-order chi connectivity index (χ0) is 19.4. The number of ether oxygens (including phenoxy) is 1. The number of benzene rings is 1. The van der Waals surface area contributed by atoms with Crippen LogP contribution in [0.2, 0.25) is 0 Å². The summed E-state index contributed by atoms with van der Waals surface area (Å²) in [5.41, 5.74) is 4.81. The number of aromatic nitrogens is 1. The molecule has 1 amide bonds. The van der Waals surface area contributed by atoms with E-state index in [-0.39, 0.29) is 11.7 Å². The molecule has 0 unspecified atom stereocenters. The Balaban J connectivity index is 1.57. The Labute approximate surface area is 159 Å². The van der Waals surface area contributed by atoms with E-state index in [0.29, 0.717) is 23.4 Å². The predicted molar refractivity (Wildman–Crippen MR) is 104 cm³/mol. The Morgan fingerprint density at radius 3 is 2.33 bits per heavy atom. The smallest absolute Gasteiger partial charge is 0.268 e. The fourth-order valence-electron chi connectivity index (χ4n) is 3.56. The largest absolute Gasteiger partial charge is 0.379 e. The number of amides is 1. The lowest BCUT2D eigenvalue weighted by atomic mass is 10.1. The second kappa shape index (κ2) is 8.50. The molecule has 0 saturated carbocycles. The van der Waals surface area contributed by atoms with Crippen LogP contribution in [0.15, 0.2) is 24.3 Å². The zero-order valence-electron chi connectivity index (χ0n) is 16.2. The summed E-state index contributed by atoms with van der Waals surface area (Å²) in [4.78, 5) is 29.6. The van der Waals surface area contributed by atoms with Gasteiger partial charge in [0.2, 0.25) is 0 Å². The minimum absolute atomic E-state index is 0.0313. The highest BCUT2D eigenvalue weighted by atomic mass is 16.5. The van der Waals surface area contributed by atoms with Gasteiger partial charge in [-0.15, -0.1) is 0 Å². The van der Waals surface area contributed by atoms with Gasteiger partial charge in [0.25, 0.3) is 5.91 Å². The molecule has 0 radical (unpaired) electrons. The van der Waals surface area contributed by atoms with E-state index in [9.17, 15) is 9.59 Å². The Morgan fingerprint density at radius 1 is 1.11 bits per heavy atom. The van der Waals surface area contributed by atoms with Crippen molar-refractivity contribution in [3.63, 3.8) is 0 Å². The fourth-order valence-corrected chi connectivity index (χ4v) is 3.56. The van der Waals surface area contributed by atoms with E-state index in [1.54, 1.807) is 6.92 Å². The van der Waals surface area contributed by atoms with E-state index in [4.69, 9.17) is 4.74 Å². The number of carbonyl (C=O) groups is 2. The second-order valence-corrected chi connectivity index (χ2v) is 7.07. The maximum atomic E-state index is 12.5. The molecule has 27 heavy (non-hydrogen) atoms. The highest BCUT2D eigenvalue weighted by molar-refractivity contribution is 6.02. The predicted octanol–water partition coefficient (Wildman–Crippen LogP) is 2.60. The van der Waals surface area contributed by atoms with Crippen LogP contribution in [-0.4, -0.2) is 47.9 Å². The fraction of sp³-hybridized carbons (Fsp3) is 0.429. The first kappa shape index (κ1) is 19.3. The lowest BCUT2D eigenvalue weighted by Crippen LogP contribution is -2.35. The number of ketones is 1. The quantitative estimate of drug-likeness (QED) is 0.768. The monoisotopic (exact) mass is 369 g/mol. The van der Waals surface area contributed by atoms with Crippen LogP contribution in [0.5, 0.6) is 0 Å². The van der Waals surface area contributed by atoms with Gasteiger partial charge in [-0.25, -0.2) is 0 Å². The molecule has 0 aliphatic carbocycles. The molecule has 1 aromatic carbocycles. The average molecular weight is 369 g/mol. The number of hydrogen-bond acceptors (Lipinski definition) is 4. The lowest BCUT2D eigenvalue weighted by Gasteiger charge is -2.26. The van der Waals surface area contributed by atoms with Gasteiger partial charge in [-0.05, 0) is 37.5 Å². The molecule has 3 rings (SSSR count). The zero-order valence-corrected chi connectivity index (χ0v) is 16.2. The van der Waals surface area contributed by atoms with Gasteiger partial charge < -0.3 is 15.0 Å². The van der Waals surface area contributed by atoms with Crippen molar-refractivity contribution in [3.8, 4) is 0 Å². The number of hydrogen-bond donors (Lipinski definition) is 2. The first-order valence-corrected chi connectivity index (χ1v) is 9.32. The van der Waals surface area contributed by atoms with Crippen molar-refractivity contribution in [3.05, 3.63) is 57.9 Å². The van der Waals surface area contributed by atoms with Crippen LogP contribution >= 0.6 is 0 Å². The number of Topliss-reactive ketones (excluding diaryl/α,β-unsaturated/α-hetero) is 1. The minimum atomic E-state index is -0.194. The van der Waals surface area contributed by atoms with Crippen LogP contribution in [0.4, 0.5) is 0 Å². The molecular formula is C21H27N3O3. The molecule has 144 valence electrons. The molecule has 1 saturated heterocycles. The van der Waals surface area contributed by atoms with Crippen LogP contribution in [0.3, 0.4) is 0 Å². The molecular weight excluding hydrogens is 342 g/mol. The summed E-state index contributed by atoms with van der Waals surface area (Å²) in [5, 5.41) is 2.93. The Bertz CT molecular complexity index is 818. The maximum absolute atomic E-state index is 12.5. The van der Waals surface area contributed by atoms with Gasteiger partial charge >= 0.3 is 0 Å². The molecule has 0 atom stereocenters. The Morgan fingerprint density at radius 2 is 1.74 bits per heavy atom. The summed E-state index contributed by atoms with van der Waals surface area (Å²) in [6, 6.07) is 8.30.